The lowest BCUT2D eigenvalue weighted by Gasteiger charge is -2.15. The average molecular weight is 738 g/mol. The summed E-state index contributed by atoms with van der Waals surface area (Å²) < 4.78 is 27.7. The third-order valence-corrected chi connectivity index (χ3v) is 11.7. The molecule has 0 amide bonds. The highest BCUT2D eigenvalue weighted by Gasteiger charge is 2.16. The quantitative estimate of drug-likeness (QED) is 0.0904. The van der Waals surface area contributed by atoms with Crippen LogP contribution in [-0.4, -0.2) is 58.4 Å². The molecule has 0 fully saturated rings. The summed E-state index contributed by atoms with van der Waals surface area (Å²) in [4.78, 5) is 17.8. The van der Waals surface area contributed by atoms with Crippen molar-refractivity contribution in [2.75, 3.05) is 13.2 Å². The summed E-state index contributed by atoms with van der Waals surface area (Å²) >= 11 is 3.60. The Balaban J connectivity index is 0.000000185. The topological polar surface area (TPSA) is 106 Å². The summed E-state index contributed by atoms with van der Waals surface area (Å²) in [6.45, 7) is 20.6. The van der Waals surface area contributed by atoms with E-state index < -0.39 is 16.1 Å². The van der Waals surface area contributed by atoms with Gasteiger partial charge in [0.05, 0.1) is 11.4 Å². The molecule has 10 nitrogen and oxygen atoms in total. The first-order valence-corrected chi connectivity index (χ1v) is 24.1. The fourth-order valence-corrected chi connectivity index (χ4v) is 6.88. The van der Waals surface area contributed by atoms with Crippen molar-refractivity contribution in [3.63, 3.8) is 0 Å². The Morgan fingerprint density at radius 3 is 1.77 bits per heavy atom. The van der Waals surface area contributed by atoms with E-state index in [-0.39, 0.29) is 0 Å². The molecule has 0 saturated carbocycles. The van der Waals surface area contributed by atoms with E-state index in [9.17, 15) is 0 Å². The van der Waals surface area contributed by atoms with Crippen molar-refractivity contribution in [1.82, 2.24) is 29.1 Å². The lowest BCUT2D eigenvalue weighted by Crippen LogP contribution is -2.22. The van der Waals surface area contributed by atoms with Gasteiger partial charge in [0.2, 0.25) is 0 Å². The number of ether oxygens (including phenoxy) is 2. The number of oxazole rings is 2. The number of hydrogen-bond donors (Lipinski definition) is 0. The zero-order valence-electron chi connectivity index (χ0n) is 28.6. The number of pyridine rings is 2. The number of hydrogen-bond acceptors (Lipinski definition) is 8. The summed E-state index contributed by atoms with van der Waals surface area (Å²) in [6.07, 6.45) is 6.94. The molecule has 13 heteroatoms. The van der Waals surface area contributed by atoms with Crippen LogP contribution in [0.5, 0.6) is 0 Å². The molecule has 6 aromatic heterocycles. The van der Waals surface area contributed by atoms with E-state index in [4.69, 9.17) is 28.3 Å². The van der Waals surface area contributed by atoms with E-state index in [0.717, 1.165) is 74.3 Å². The predicted octanol–water partition coefficient (Wildman–Crippen LogP) is 9.39. The Hall–Kier alpha value is -3.37. The fourth-order valence-electron chi connectivity index (χ4n) is 4.81. The van der Waals surface area contributed by atoms with E-state index in [1.807, 2.05) is 53.6 Å². The first kappa shape index (κ1) is 35.0. The number of aromatic nitrogens is 6. The van der Waals surface area contributed by atoms with E-state index >= 15 is 0 Å². The smallest absolute Gasteiger partial charge is 0.181 e. The predicted molar refractivity (Wildman–Crippen MR) is 196 cm³/mol. The van der Waals surface area contributed by atoms with Crippen molar-refractivity contribution in [2.24, 2.45) is 0 Å². The number of rotatable bonds is 12. The largest absolute Gasteiger partial charge is 0.442 e. The molecule has 0 radical (unpaired) electrons. The van der Waals surface area contributed by atoms with Crippen LogP contribution < -0.4 is 0 Å². The third-order valence-electron chi connectivity index (χ3n) is 7.69. The van der Waals surface area contributed by atoms with Crippen LogP contribution in [0, 0.1) is 13.8 Å². The van der Waals surface area contributed by atoms with Gasteiger partial charge in [-0.2, -0.15) is 0 Å². The normalized spacial score (nSPS) is 12.2. The van der Waals surface area contributed by atoms with Gasteiger partial charge < -0.3 is 27.4 Å². The van der Waals surface area contributed by atoms with Gasteiger partial charge in [-0.25, -0.2) is 19.9 Å². The zero-order chi connectivity index (χ0) is 33.8. The molecule has 0 saturated heterocycles. The molecule has 0 N–H and O–H groups in total. The van der Waals surface area contributed by atoms with Gasteiger partial charge in [0.25, 0.3) is 0 Å². The Labute approximate surface area is 286 Å². The van der Waals surface area contributed by atoms with Crippen LogP contribution in [-0.2, 0) is 22.9 Å². The van der Waals surface area contributed by atoms with E-state index in [1.54, 1.807) is 0 Å². The summed E-state index contributed by atoms with van der Waals surface area (Å²) in [7, 11) is -2.13. The van der Waals surface area contributed by atoms with Gasteiger partial charge in [-0.15, -0.1) is 0 Å². The average Bonchev–Trinajstić information content (AvgIpc) is 3.80. The van der Waals surface area contributed by atoms with E-state index in [2.05, 4.69) is 77.3 Å². The maximum absolute atomic E-state index is 5.87. The molecule has 0 unspecified atom stereocenters. The fraction of sp³-hybridized carbons (Fsp3) is 0.412. The second kappa shape index (κ2) is 14.8. The van der Waals surface area contributed by atoms with Crippen LogP contribution >= 0.6 is 15.9 Å². The van der Waals surface area contributed by atoms with Gasteiger partial charge in [0.15, 0.2) is 24.3 Å². The number of aryl methyl sites for hydroxylation is 2. The molecule has 250 valence electrons. The lowest BCUT2D eigenvalue weighted by atomic mass is 10.2. The van der Waals surface area contributed by atoms with Crippen molar-refractivity contribution in [3.05, 3.63) is 71.4 Å². The molecule has 0 aliphatic carbocycles. The minimum Gasteiger partial charge on any atom is -0.442 e. The van der Waals surface area contributed by atoms with Crippen molar-refractivity contribution < 1.29 is 18.3 Å². The lowest BCUT2D eigenvalue weighted by molar-refractivity contribution is 0.0897. The molecule has 0 bridgehead atoms. The van der Waals surface area contributed by atoms with Gasteiger partial charge in [-0.3, -0.25) is 0 Å². The maximum atomic E-state index is 5.87. The molecule has 6 aromatic rings. The van der Waals surface area contributed by atoms with E-state index in [0.29, 0.717) is 19.2 Å². The molecular formula is C34H45BrN6O4Si2. The summed E-state index contributed by atoms with van der Waals surface area (Å²) in [5, 5.41) is 2.16. The molecule has 0 spiro atoms. The highest BCUT2D eigenvalue weighted by atomic mass is 79.9. The monoisotopic (exact) mass is 736 g/mol. The van der Waals surface area contributed by atoms with E-state index in [1.165, 1.54) is 18.8 Å². The molecule has 0 aromatic carbocycles. The zero-order valence-corrected chi connectivity index (χ0v) is 32.2. The minimum absolute atomic E-state index is 0.498. The number of nitrogens with zero attached hydrogens (tertiary/aromatic N) is 6. The summed E-state index contributed by atoms with van der Waals surface area (Å²) in [5.74, 6) is 1.43. The Kier molecular flexibility index (Phi) is 11.0. The third kappa shape index (κ3) is 9.17. The van der Waals surface area contributed by atoms with Gasteiger partial charge in [0, 0.05) is 57.0 Å². The molecule has 6 rings (SSSR count). The summed E-state index contributed by atoms with van der Waals surface area (Å²) in [5.41, 5.74) is 5.06. The number of fused-ring (bicyclic) bond motifs is 2. The minimum atomic E-state index is -1.07. The van der Waals surface area contributed by atoms with Crippen molar-refractivity contribution in [3.8, 4) is 22.9 Å². The Bertz CT molecular complexity index is 1930. The standard InChI is InChI=1S/C17H22BrN3O2Si.C17H23N3O2Si/c1-12-16(23-10-19-12)15-6-5-13-14(18)9-21(17(13)20-15)11-22-7-8-24(2,3)4;1-13-16(22-11-18-13)15-6-5-14-7-8-20(17(14)19-15)12-21-9-10-23(2,3)4/h5-6,9-10H,7-8,11H2,1-4H3;5-8,11H,9-10,12H2,1-4H3. The van der Waals surface area contributed by atoms with Crippen molar-refractivity contribution in [2.45, 2.75) is 78.7 Å². The second-order valence-electron chi connectivity index (χ2n) is 14.1. The molecule has 47 heavy (non-hydrogen) atoms. The van der Waals surface area contributed by atoms with Crippen LogP contribution in [0.15, 0.2) is 68.8 Å². The second-order valence-corrected chi connectivity index (χ2v) is 26.2. The van der Waals surface area contributed by atoms with Crippen LogP contribution in [0.1, 0.15) is 11.4 Å². The summed E-state index contributed by atoms with van der Waals surface area (Å²) in [6, 6.07) is 12.4. The molecule has 0 aliphatic rings. The molecule has 6 heterocycles. The van der Waals surface area contributed by atoms with Gasteiger partial charge in [-0.05, 0) is 72.2 Å². The highest BCUT2D eigenvalue weighted by Crippen LogP contribution is 2.29. The molecule has 0 atom stereocenters. The SMILES string of the molecule is Cc1ncoc1-c1ccc2c(Br)cn(COCC[Si](C)(C)C)c2n1.Cc1ncoc1-c1ccc2ccn(COCC[Si](C)(C)C)c2n1. The van der Waals surface area contributed by atoms with Crippen molar-refractivity contribution >= 4 is 54.1 Å². The van der Waals surface area contributed by atoms with Crippen LogP contribution in [0.3, 0.4) is 0 Å². The Morgan fingerprint density at radius 1 is 0.702 bits per heavy atom. The van der Waals surface area contributed by atoms with Crippen molar-refractivity contribution in [1.29, 1.82) is 0 Å². The van der Waals surface area contributed by atoms with Crippen LogP contribution in [0.25, 0.3) is 45.0 Å². The van der Waals surface area contributed by atoms with Crippen LogP contribution in [0.4, 0.5) is 0 Å². The molecular weight excluding hydrogens is 692 g/mol. The first-order chi connectivity index (χ1) is 22.3. The van der Waals surface area contributed by atoms with Crippen LogP contribution in [0.2, 0.25) is 51.4 Å². The molecule has 0 aliphatic heterocycles. The first-order valence-electron chi connectivity index (χ1n) is 15.9. The Morgan fingerprint density at radius 2 is 1.23 bits per heavy atom. The van der Waals surface area contributed by atoms with Gasteiger partial charge >= 0.3 is 0 Å². The van der Waals surface area contributed by atoms with Gasteiger partial charge in [-0.1, -0.05) is 39.3 Å². The van der Waals surface area contributed by atoms with Gasteiger partial charge in [0.1, 0.15) is 36.1 Å². The number of halogens is 1. The highest BCUT2D eigenvalue weighted by molar-refractivity contribution is 9.10. The maximum Gasteiger partial charge on any atom is 0.181 e.